The van der Waals surface area contributed by atoms with Gasteiger partial charge >= 0.3 is 6.18 Å². The lowest BCUT2D eigenvalue weighted by molar-refractivity contribution is -0.384. The van der Waals surface area contributed by atoms with Gasteiger partial charge in [0.2, 0.25) is 0 Å². The van der Waals surface area contributed by atoms with Crippen molar-refractivity contribution < 1.29 is 27.1 Å². The molecule has 1 aromatic heterocycles. The van der Waals surface area contributed by atoms with E-state index in [0.29, 0.717) is 12.3 Å². The largest absolute Gasteiger partial charge is 0.417 e. The molecule has 2 rings (SSSR count). The Morgan fingerprint density at radius 1 is 1.24 bits per heavy atom. The van der Waals surface area contributed by atoms with E-state index in [9.17, 15) is 32.3 Å². The highest BCUT2D eigenvalue weighted by atomic mass is 35.5. The average Bonchev–Trinajstić information content (AvgIpc) is 2.64. The molecule has 0 radical (unpaired) electrons. The van der Waals surface area contributed by atoms with Crippen LogP contribution in [0.25, 0.3) is 0 Å². The van der Waals surface area contributed by atoms with E-state index < -0.39 is 33.4 Å². The van der Waals surface area contributed by atoms with Gasteiger partial charge < -0.3 is 5.32 Å². The third-order valence-corrected chi connectivity index (χ3v) is 5.69. The number of carbonyl (C=O) groups excluding carboxylic acids is 1. The summed E-state index contributed by atoms with van der Waals surface area (Å²) in [5.74, 6) is -0.684. The van der Waals surface area contributed by atoms with Gasteiger partial charge in [0.05, 0.1) is 36.9 Å². The van der Waals surface area contributed by atoms with Crippen molar-refractivity contribution in [2.45, 2.75) is 17.6 Å². The van der Waals surface area contributed by atoms with Crippen molar-refractivity contribution in [3.8, 4) is 0 Å². The third kappa shape index (κ3) is 6.12. The number of alkyl halides is 3. The molecule has 0 aliphatic heterocycles. The zero-order valence-corrected chi connectivity index (χ0v) is 16.7. The molecular weight excluding hydrogens is 458 g/mol. The van der Waals surface area contributed by atoms with E-state index in [1.165, 1.54) is 6.07 Å². The molecule has 1 unspecified atom stereocenters. The van der Waals surface area contributed by atoms with Gasteiger partial charge in [-0.3, -0.25) is 19.1 Å². The smallest absolute Gasteiger partial charge is 0.352 e. The summed E-state index contributed by atoms with van der Waals surface area (Å²) in [7, 11) is -1.78. The van der Waals surface area contributed by atoms with Crippen LogP contribution in [0.4, 0.5) is 18.9 Å². The van der Waals surface area contributed by atoms with Crippen molar-refractivity contribution in [1.82, 2.24) is 10.3 Å². The molecular formula is C16H12Cl2F3N3O4S. The molecule has 13 heteroatoms. The highest BCUT2D eigenvalue weighted by molar-refractivity contribution is 7.85. The van der Waals surface area contributed by atoms with Crippen LogP contribution in [0.5, 0.6) is 0 Å². The number of non-ortho nitro benzene ring substituents is 1. The maximum absolute atomic E-state index is 12.6. The van der Waals surface area contributed by atoms with Crippen molar-refractivity contribution >= 4 is 45.6 Å². The van der Waals surface area contributed by atoms with Gasteiger partial charge in [-0.05, 0) is 18.6 Å². The van der Waals surface area contributed by atoms with Crippen LogP contribution in [-0.4, -0.2) is 32.3 Å². The summed E-state index contributed by atoms with van der Waals surface area (Å²) in [5, 5.41) is 12.7. The molecule has 0 fully saturated rings. The van der Waals surface area contributed by atoms with E-state index in [1.807, 2.05) is 0 Å². The number of rotatable bonds is 7. The van der Waals surface area contributed by atoms with Crippen molar-refractivity contribution in [3.63, 3.8) is 0 Å². The number of halogens is 5. The fourth-order valence-corrected chi connectivity index (χ4v) is 3.82. The van der Waals surface area contributed by atoms with Gasteiger partial charge in [-0.25, -0.2) is 4.98 Å². The van der Waals surface area contributed by atoms with Crippen LogP contribution < -0.4 is 5.32 Å². The van der Waals surface area contributed by atoms with E-state index in [4.69, 9.17) is 23.2 Å². The summed E-state index contributed by atoms with van der Waals surface area (Å²) in [6.07, 6.45) is -3.89. The predicted molar refractivity (Wildman–Crippen MR) is 101 cm³/mol. The van der Waals surface area contributed by atoms with E-state index >= 15 is 0 Å². The molecule has 1 aromatic carbocycles. The van der Waals surface area contributed by atoms with Gasteiger partial charge in [0.15, 0.2) is 0 Å². The summed E-state index contributed by atoms with van der Waals surface area (Å²) in [4.78, 5) is 25.7. The molecule has 2 aromatic rings. The Balaban J connectivity index is 1.92. The quantitative estimate of drug-likeness (QED) is 0.371. The molecule has 1 atom stereocenters. The topological polar surface area (TPSA) is 102 Å². The standard InChI is InChI=1S/C16H12Cl2F3N3O4S/c17-12-3-2-10(24(26)27)7-11(12)14(25)22-4-1-5-29(28)15-13(18)6-9(8-23-15)16(19,20)21/h2-3,6-8H,1,4-5H2,(H,22,25). The summed E-state index contributed by atoms with van der Waals surface area (Å²) in [5.41, 5.74) is -1.44. The first-order valence-electron chi connectivity index (χ1n) is 7.84. The molecule has 1 amide bonds. The first-order chi connectivity index (χ1) is 13.5. The Morgan fingerprint density at radius 3 is 2.52 bits per heavy atom. The minimum atomic E-state index is -4.62. The first kappa shape index (κ1) is 23.0. The number of pyridine rings is 1. The Hall–Kier alpha value is -2.24. The molecule has 156 valence electrons. The summed E-state index contributed by atoms with van der Waals surface area (Å²) >= 11 is 11.6. The van der Waals surface area contributed by atoms with Crippen LogP contribution in [0.2, 0.25) is 10.0 Å². The monoisotopic (exact) mass is 469 g/mol. The highest BCUT2D eigenvalue weighted by Crippen LogP contribution is 2.31. The number of hydrogen-bond acceptors (Lipinski definition) is 5. The number of benzene rings is 1. The normalized spacial score (nSPS) is 12.4. The summed E-state index contributed by atoms with van der Waals surface area (Å²) < 4.78 is 50.0. The lowest BCUT2D eigenvalue weighted by Crippen LogP contribution is -2.26. The van der Waals surface area contributed by atoms with E-state index in [-0.39, 0.29) is 45.0 Å². The number of carbonyl (C=O) groups is 1. The Kier molecular flexibility index (Phi) is 7.55. The average molecular weight is 470 g/mol. The second-order valence-corrected chi connectivity index (χ2v) is 7.89. The van der Waals surface area contributed by atoms with Crippen molar-refractivity contribution in [3.05, 3.63) is 61.7 Å². The zero-order chi connectivity index (χ0) is 21.8. The Labute approximate surface area is 174 Å². The van der Waals surface area contributed by atoms with Gasteiger partial charge in [0, 0.05) is 30.6 Å². The molecule has 0 spiro atoms. The molecule has 1 heterocycles. The van der Waals surface area contributed by atoms with Crippen LogP contribution in [0, 0.1) is 10.1 Å². The predicted octanol–water partition coefficient (Wildman–Crippen LogP) is 4.24. The van der Waals surface area contributed by atoms with Crippen molar-refractivity contribution in [2.24, 2.45) is 0 Å². The second kappa shape index (κ2) is 9.51. The van der Waals surface area contributed by atoms with E-state index in [0.717, 1.165) is 12.1 Å². The zero-order valence-electron chi connectivity index (χ0n) is 14.3. The van der Waals surface area contributed by atoms with Crippen LogP contribution in [-0.2, 0) is 17.0 Å². The maximum atomic E-state index is 12.6. The van der Waals surface area contributed by atoms with Crippen LogP contribution in [0.15, 0.2) is 35.5 Å². The fraction of sp³-hybridized carbons (Fsp3) is 0.250. The minimum absolute atomic E-state index is 0.0254. The van der Waals surface area contributed by atoms with Gasteiger partial charge in [0.1, 0.15) is 5.03 Å². The van der Waals surface area contributed by atoms with E-state index in [2.05, 4.69) is 10.3 Å². The minimum Gasteiger partial charge on any atom is -0.352 e. The van der Waals surface area contributed by atoms with Crippen molar-refractivity contribution in [1.29, 1.82) is 0 Å². The Bertz CT molecular complexity index is 973. The SMILES string of the molecule is O=C(NCCCS(=O)c1ncc(C(F)(F)F)cc1Cl)c1cc([N+](=O)[O-])ccc1Cl. The number of nitro groups is 1. The molecule has 0 saturated carbocycles. The second-order valence-electron chi connectivity index (χ2n) is 5.59. The molecule has 29 heavy (non-hydrogen) atoms. The van der Waals surface area contributed by atoms with E-state index in [1.54, 1.807) is 0 Å². The third-order valence-electron chi connectivity index (χ3n) is 3.55. The van der Waals surface area contributed by atoms with Crippen LogP contribution in [0.1, 0.15) is 22.3 Å². The molecule has 0 saturated heterocycles. The number of nitrogens with one attached hydrogen (secondary N) is 1. The van der Waals surface area contributed by atoms with Crippen LogP contribution >= 0.6 is 23.2 Å². The molecule has 0 aliphatic carbocycles. The Morgan fingerprint density at radius 2 is 1.93 bits per heavy atom. The number of nitrogens with zero attached hydrogens (tertiary/aromatic N) is 2. The fourth-order valence-electron chi connectivity index (χ4n) is 2.15. The molecule has 7 nitrogen and oxygen atoms in total. The highest BCUT2D eigenvalue weighted by Gasteiger charge is 2.32. The van der Waals surface area contributed by atoms with Gasteiger partial charge in [0.25, 0.3) is 11.6 Å². The molecule has 1 N–H and O–H groups in total. The number of nitro benzene ring substituents is 1. The van der Waals surface area contributed by atoms with Gasteiger partial charge in [-0.2, -0.15) is 13.2 Å². The van der Waals surface area contributed by atoms with Gasteiger partial charge in [-0.1, -0.05) is 23.2 Å². The first-order valence-corrected chi connectivity index (χ1v) is 9.91. The number of aromatic nitrogens is 1. The van der Waals surface area contributed by atoms with Crippen LogP contribution in [0.3, 0.4) is 0 Å². The lowest BCUT2D eigenvalue weighted by atomic mass is 10.2. The summed E-state index contributed by atoms with van der Waals surface area (Å²) in [6, 6.07) is 4.06. The number of hydrogen-bond donors (Lipinski definition) is 1. The molecule has 0 aliphatic rings. The lowest BCUT2D eigenvalue weighted by Gasteiger charge is -2.09. The maximum Gasteiger partial charge on any atom is 0.417 e. The molecule has 0 bridgehead atoms. The summed E-state index contributed by atoms with van der Waals surface area (Å²) in [6.45, 7) is 0.0435. The van der Waals surface area contributed by atoms with Gasteiger partial charge in [-0.15, -0.1) is 0 Å². The van der Waals surface area contributed by atoms with Crippen molar-refractivity contribution in [2.75, 3.05) is 12.3 Å². The number of amides is 1.